The number of halogens is 1. The Morgan fingerprint density at radius 1 is 0.974 bits per heavy atom. The number of carbonyl (C=O) groups is 3. The molecule has 3 aliphatic rings. The van der Waals surface area contributed by atoms with Crippen LogP contribution in [0.1, 0.15) is 58.5 Å². The van der Waals surface area contributed by atoms with Gasteiger partial charge in [-0.15, -0.1) is 0 Å². The van der Waals surface area contributed by atoms with Gasteiger partial charge in [0.25, 0.3) is 5.69 Å². The van der Waals surface area contributed by atoms with Crippen LogP contribution in [0.15, 0.2) is 72.8 Å². The highest BCUT2D eigenvalue weighted by molar-refractivity contribution is 6.32. The summed E-state index contributed by atoms with van der Waals surface area (Å²) in [5, 5.41) is 12.3. The second-order valence-corrected chi connectivity index (χ2v) is 11.8. The predicted octanol–water partition coefficient (Wildman–Crippen LogP) is 6.30. The third kappa shape index (κ3) is 3.39. The lowest BCUT2D eigenvalue weighted by atomic mass is 9.63. The van der Waals surface area contributed by atoms with Crippen molar-refractivity contribution in [3.63, 3.8) is 0 Å². The number of nitro benzene ring substituents is 1. The van der Waals surface area contributed by atoms with Crippen molar-refractivity contribution in [3.8, 4) is 0 Å². The van der Waals surface area contributed by atoms with E-state index in [1.54, 1.807) is 75.4 Å². The number of ketones is 3. The van der Waals surface area contributed by atoms with Gasteiger partial charge in [0.15, 0.2) is 17.3 Å². The lowest BCUT2D eigenvalue weighted by Crippen LogP contribution is -2.49. The van der Waals surface area contributed by atoms with Crippen LogP contribution in [0.3, 0.4) is 0 Å². The highest BCUT2D eigenvalue weighted by Crippen LogP contribution is 2.61. The van der Waals surface area contributed by atoms with Crippen LogP contribution in [0.5, 0.6) is 0 Å². The minimum absolute atomic E-state index is 0.173. The Morgan fingerprint density at radius 2 is 1.64 bits per heavy atom. The molecule has 0 amide bonds. The molecule has 1 saturated heterocycles. The molecule has 3 unspecified atom stereocenters. The van der Waals surface area contributed by atoms with Crippen molar-refractivity contribution in [1.82, 2.24) is 0 Å². The molecule has 1 aliphatic carbocycles. The number of nitrogens with zero attached hydrogens (tertiary/aromatic N) is 2. The van der Waals surface area contributed by atoms with Gasteiger partial charge < -0.3 is 4.90 Å². The molecule has 39 heavy (non-hydrogen) atoms. The van der Waals surface area contributed by atoms with Crippen LogP contribution in [-0.2, 0) is 4.79 Å². The van der Waals surface area contributed by atoms with Gasteiger partial charge in [-0.25, -0.2) is 0 Å². The number of fused-ring (bicyclic) bond motifs is 5. The number of benzene rings is 3. The number of hydrogen-bond acceptors (Lipinski definition) is 6. The highest BCUT2D eigenvalue weighted by Gasteiger charge is 2.72. The molecule has 3 atom stereocenters. The predicted molar refractivity (Wildman–Crippen MR) is 148 cm³/mol. The van der Waals surface area contributed by atoms with Crippen molar-refractivity contribution in [2.24, 2.45) is 10.8 Å². The number of non-ortho nitro benzene ring substituents is 1. The van der Waals surface area contributed by atoms with Crippen molar-refractivity contribution in [2.75, 3.05) is 4.90 Å². The maximum Gasteiger partial charge on any atom is 0.269 e. The number of Topliss-reactive ketones (excluding diaryl/α,β-unsaturated/α-hetero) is 3. The zero-order chi connectivity index (χ0) is 27.9. The molecule has 1 spiro atoms. The minimum Gasteiger partial charge on any atom is -0.352 e. The van der Waals surface area contributed by atoms with Crippen LogP contribution >= 0.6 is 11.6 Å². The first-order valence-corrected chi connectivity index (χ1v) is 13.1. The molecule has 6 rings (SSSR count). The van der Waals surface area contributed by atoms with Crippen LogP contribution in [0.4, 0.5) is 11.4 Å². The van der Waals surface area contributed by atoms with Crippen LogP contribution in [0.2, 0.25) is 5.02 Å². The molecule has 1 fully saturated rings. The van der Waals surface area contributed by atoms with E-state index in [0.29, 0.717) is 27.4 Å². The van der Waals surface area contributed by atoms with Crippen molar-refractivity contribution in [2.45, 2.75) is 38.8 Å². The smallest absolute Gasteiger partial charge is 0.269 e. The average molecular weight is 541 g/mol. The highest BCUT2D eigenvalue weighted by atomic mass is 35.5. The van der Waals surface area contributed by atoms with E-state index < -0.39 is 33.8 Å². The van der Waals surface area contributed by atoms with Gasteiger partial charge in [0.1, 0.15) is 5.41 Å². The molecule has 8 heteroatoms. The molecule has 2 aliphatic heterocycles. The molecular weight excluding hydrogens is 516 g/mol. The molecule has 2 heterocycles. The zero-order valence-corrected chi connectivity index (χ0v) is 22.3. The van der Waals surface area contributed by atoms with Gasteiger partial charge in [-0.1, -0.05) is 80.9 Å². The molecule has 0 aromatic heterocycles. The summed E-state index contributed by atoms with van der Waals surface area (Å²) < 4.78 is 0. The van der Waals surface area contributed by atoms with E-state index >= 15 is 0 Å². The van der Waals surface area contributed by atoms with E-state index in [1.165, 1.54) is 18.2 Å². The molecule has 0 saturated carbocycles. The van der Waals surface area contributed by atoms with Gasteiger partial charge in [-0.05, 0) is 29.3 Å². The zero-order valence-electron chi connectivity index (χ0n) is 21.6. The largest absolute Gasteiger partial charge is 0.352 e. The Kier molecular flexibility index (Phi) is 5.46. The fraction of sp³-hybridized carbons (Fsp3) is 0.258. The first-order valence-electron chi connectivity index (χ1n) is 12.7. The fourth-order valence-corrected chi connectivity index (χ4v) is 6.78. The normalized spacial score (nSPS) is 22.6. The Morgan fingerprint density at radius 3 is 2.26 bits per heavy atom. The summed E-state index contributed by atoms with van der Waals surface area (Å²) in [5.74, 6) is -1.90. The molecule has 0 radical (unpaired) electrons. The molecular formula is C31H25ClN2O5. The van der Waals surface area contributed by atoms with E-state index in [4.69, 9.17) is 11.6 Å². The fourth-order valence-electron chi connectivity index (χ4n) is 6.60. The van der Waals surface area contributed by atoms with Crippen molar-refractivity contribution < 1.29 is 19.3 Å². The number of nitro groups is 1. The Hall–Kier alpha value is -4.10. The van der Waals surface area contributed by atoms with Crippen molar-refractivity contribution in [1.29, 1.82) is 0 Å². The summed E-state index contributed by atoms with van der Waals surface area (Å²) >= 11 is 6.30. The van der Waals surface area contributed by atoms with E-state index in [2.05, 4.69) is 0 Å². The number of hydrogen-bond donors (Lipinski definition) is 0. The Bertz CT molecular complexity index is 1600. The summed E-state index contributed by atoms with van der Waals surface area (Å²) in [4.78, 5) is 56.6. The maximum atomic E-state index is 14.5. The van der Waals surface area contributed by atoms with Crippen LogP contribution < -0.4 is 4.90 Å². The Balaban J connectivity index is 1.71. The average Bonchev–Trinajstić information content (AvgIpc) is 3.33. The lowest BCUT2D eigenvalue weighted by Gasteiger charge is -2.38. The van der Waals surface area contributed by atoms with E-state index in [9.17, 15) is 24.5 Å². The van der Waals surface area contributed by atoms with Gasteiger partial charge in [0, 0.05) is 45.3 Å². The quantitative estimate of drug-likeness (QED) is 0.220. The summed E-state index contributed by atoms with van der Waals surface area (Å²) in [6.45, 7) is 5.40. The maximum absolute atomic E-state index is 14.5. The number of anilines is 1. The van der Waals surface area contributed by atoms with Gasteiger partial charge >= 0.3 is 0 Å². The van der Waals surface area contributed by atoms with Gasteiger partial charge in [0.05, 0.1) is 17.0 Å². The SMILES string of the molecule is CC(C)(C)C(=O)C1C(c2cccc([N+](=O)[O-])c2)C2(C(=O)c3ccccc3C2=O)C2C=Cc3cc(Cl)ccc3N12. The topological polar surface area (TPSA) is 97.6 Å². The summed E-state index contributed by atoms with van der Waals surface area (Å²) in [7, 11) is 0. The van der Waals surface area contributed by atoms with E-state index in [-0.39, 0.29) is 23.0 Å². The molecule has 0 bridgehead atoms. The second-order valence-electron chi connectivity index (χ2n) is 11.4. The summed E-state index contributed by atoms with van der Waals surface area (Å²) in [6, 6.07) is 16.2. The van der Waals surface area contributed by atoms with Crippen LogP contribution in [0.25, 0.3) is 6.08 Å². The summed E-state index contributed by atoms with van der Waals surface area (Å²) in [5.41, 5.74) is -0.265. The first kappa shape index (κ1) is 25.2. The number of carbonyl (C=O) groups excluding carboxylic acids is 3. The minimum atomic E-state index is -1.70. The molecule has 3 aromatic rings. The number of rotatable bonds is 3. The molecule has 3 aromatic carbocycles. The van der Waals surface area contributed by atoms with Crippen LogP contribution in [-0.4, -0.2) is 34.4 Å². The van der Waals surface area contributed by atoms with E-state index in [1.807, 2.05) is 11.0 Å². The third-order valence-electron chi connectivity index (χ3n) is 8.21. The van der Waals surface area contributed by atoms with Gasteiger partial charge in [-0.3, -0.25) is 24.5 Å². The van der Waals surface area contributed by atoms with E-state index in [0.717, 1.165) is 5.56 Å². The Labute approximate surface area is 230 Å². The standard InChI is InChI=1S/C31H25ClN2O5/c1-30(2,3)29(37)26-25(18-7-6-8-20(16-18)34(38)39)31(27(35)21-9-4-5-10-22(21)28(31)36)24-14-11-17-15-19(32)12-13-23(17)33(24)26/h4-16,24-26H,1-3H3. The molecule has 0 N–H and O–H groups in total. The molecule has 7 nitrogen and oxygen atoms in total. The third-order valence-corrected chi connectivity index (χ3v) is 8.45. The van der Waals surface area contributed by atoms with Crippen molar-refractivity contribution in [3.05, 3.63) is 110 Å². The van der Waals surface area contributed by atoms with Gasteiger partial charge in [0.2, 0.25) is 0 Å². The van der Waals surface area contributed by atoms with Crippen molar-refractivity contribution >= 4 is 46.4 Å². The summed E-state index contributed by atoms with van der Waals surface area (Å²) in [6.07, 6.45) is 3.64. The monoisotopic (exact) mass is 540 g/mol. The first-order chi connectivity index (χ1) is 18.5. The van der Waals surface area contributed by atoms with Crippen LogP contribution in [0, 0.1) is 20.9 Å². The molecule has 196 valence electrons. The lowest BCUT2D eigenvalue weighted by molar-refractivity contribution is -0.384. The van der Waals surface area contributed by atoms with Gasteiger partial charge in [-0.2, -0.15) is 0 Å². The second kappa shape index (κ2) is 8.45.